The van der Waals surface area contributed by atoms with Crippen molar-refractivity contribution in [2.45, 2.75) is 6.61 Å². The van der Waals surface area contributed by atoms with E-state index >= 15 is 0 Å². The molecule has 0 bridgehead atoms. The van der Waals surface area contributed by atoms with Gasteiger partial charge in [-0.3, -0.25) is 0 Å². The van der Waals surface area contributed by atoms with Crippen LogP contribution in [0.3, 0.4) is 0 Å². The molecule has 1 heterocycles. The molecule has 0 aliphatic carbocycles. The molecule has 1 N–H and O–H groups in total. The number of benzene rings is 1. The highest BCUT2D eigenvalue weighted by molar-refractivity contribution is 5.91. The lowest BCUT2D eigenvalue weighted by Gasteiger charge is -2.06. The van der Waals surface area contributed by atoms with Crippen LogP contribution in [0.1, 0.15) is 5.56 Å². The standard InChI is InChI=1S/C13H12N2O2/c16-13(12-7-4-8-14-10-15-12)17-9-11-5-2-1-3-6-11/h1-8,10H,9H2,(H,14,15). The maximum absolute atomic E-state index is 11.7. The number of hydrogen-bond acceptors (Lipinski definition) is 4. The van der Waals surface area contributed by atoms with E-state index < -0.39 is 5.97 Å². The number of carbonyl (C=O) groups excluding carboxylic acids is 1. The second-order valence-electron chi connectivity index (χ2n) is 3.41. The molecule has 86 valence electrons. The van der Waals surface area contributed by atoms with Gasteiger partial charge in [0.15, 0.2) is 0 Å². The van der Waals surface area contributed by atoms with E-state index in [1.807, 2.05) is 30.3 Å². The highest BCUT2D eigenvalue weighted by atomic mass is 16.5. The van der Waals surface area contributed by atoms with Crippen LogP contribution in [0.4, 0.5) is 0 Å². The van der Waals surface area contributed by atoms with Gasteiger partial charge in [-0.15, -0.1) is 0 Å². The molecule has 1 aromatic carbocycles. The number of hydrogen-bond donors (Lipinski definition) is 1. The molecule has 1 aliphatic heterocycles. The van der Waals surface area contributed by atoms with Gasteiger partial charge < -0.3 is 10.1 Å². The summed E-state index contributed by atoms with van der Waals surface area (Å²) in [5, 5.41) is 2.75. The Morgan fingerprint density at radius 2 is 2.12 bits per heavy atom. The molecule has 0 saturated heterocycles. The second-order valence-corrected chi connectivity index (χ2v) is 3.41. The summed E-state index contributed by atoms with van der Waals surface area (Å²) in [6, 6.07) is 9.54. The summed E-state index contributed by atoms with van der Waals surface area (Å²) in [6.07, 6.45) is 6.33. The van der Waals surface area contributed by atoms with E-state index in [0.29, 0.717) is 5.70 Å². The van der Waals surface area contributed by atoms with Crippen molar-refractivity contribution in [2.75, 3.05) is 0 Å². The summed E-state index contributed by atoms with van der Waals surface area (Å²) < 4.78 is 5.16. The lowest BCUT2D eigenvalue weighted by Crippen LogP contribution is -2.20. The van der Waals surface area contributed by atoms with Crippen molar-refractivity contribution in [1.29, 1.82) is 0 Å². The summed E-state index contributed by atoms with van der Waals surface area (Å²) in [7, 11) is 0. The minimum Gasteiger partial charge on any atom is -0.456 e. The topological polar surface area (TPSA) is 50.7 Å². The number of allylic oxidation sites excluding steroid dienone is 2. The number of ether oxygens (including phenoxy) is 1. The molecule has 0 spiro atoms. The highest BCUT2D eigenvalue weighted by Gasteiger charge is 2.09. The van der Waals surface area contributed by atoms with Crippen LogP contribution in [0.5, 0.6) is 0 Å². The zero-order valence-corrected chi connectivity index (χ0v) is 9.17. The molecule has 1 aliphatic rings. The van der Waals surface area contributed by atoms with Crippen molar-refractivity contribution in [3.63, 3.8) is 0 Å². The first-order chi connectivity index (χ1) is 8.36. The molecule has 4 heteroatoms. The molecule has 0 atom stereocenters. The number of rotatable bonds is 3. The molecule has 0 aromatic heterocycles. The Hall–Kier alpha value is -2.36. The molecule has 0 unspecified atom stereocenters. The monoisotopic (exact) mass is 228 g/mol. The predicted octanol–water partition coefficient (Wildman–Crippen LogP) is 1.76. The Morgan fingerprint density at radius 1 is 1.29 bits per heavy atom. The fourth-order valence-electron chi connectivity index (χ4n) is 1.31. The molecule has 0 fully saturated rings. The van der Waals surface area contributed by atoms with E-state index in [1.165, 1.54) is 6.34 Å². The van der Waals surface area contributed by atoms with Crippen LogP contribution >= 0.6 is 0 Å². The Bertz CT molecular complexity index is 475. The van der Waals surface area contributed by atoms with Crippen molar-refractivity contribution in [3.8, 4) is 0 Å². The van der Waals surface area contributed by atoms with E-state index in [4.69, 9.17) is 4.74 Å². The zero-order valence-electron chi connectivity index (χ0n) is 9.17. The van der Waals surface area contributed by atoms with E-state index in [9.17, 15) is 4.79 Å². The van der Waals surface area contributed by atoms with Crippen molar-refractivity contribution in [2.24, 2.45) is 4.99 Å². The van der Waals surface area contributed by atoms with Gasteiger partial charge in [0.25, 0.3) is 0 Å². The van der Waals surface area contributed by atoms with Crippen LogP contribution in [-0.2, 0) is 16.1 Å². The molecule has 2 rings (SSSR count). The first-order valence-corrected chi connectivity index (χ1v) is 5.22. The number of nitrogens with zero attached hydrogens (tertiary/aromatic N) is 1. The maximum Gasteiger partial charge on any atom is 0.355 e. The normalized spacial score (nSPS) is 13.5. The van der Waals surface area contributed by atoms with Gasteiger partial charge in [-0.25, -0.2) is 9.79 Å². The van der Waals surface area contributed by atoms with Gasteiger partial charge in [-0.2, -0.15) is 0 Å². The lowest BCUT2D eigenvalue weighted by atomic mass is 10.2. The summed E-state index contributed by atoms with van der Waals surface area (Å²) >= 11 is 0. The van der Waals surface area contributed by atoms with Gasteiger partial charge in [-0.1, -0.05) is 30.3 Å². The SMILES string of the molecule is O=C(OCc1ccccc1)C1=CC=CN=CN1. The van der Waals surface area contributed by atoms with Crippen LogP contribution in [0, 0.1) is 0 Å². The van der Waals surface area contributed by atoms with E-state index in [1.54, 1.807) is 18.4 Å². The van der Waals surface area contributed by atoms with Gasteiger partial charge in [0, 0.05) is 6.20 Å². The number of aliphatic imine (C=N–C) groups is 1. The van der Waals surface area contributed by atoms with Crippen LogP contribution in [-0.4, -0.2) is 12.3 Å². The van der Waals surface area contributed by atoms with Crippen molar-refractivity contribution >= 4 is 12.3 Å². The molecule has 0 amide bonds. The first-order valence-electron chi connectivity index (χ1n) is 5.22. The molecular formula is C13H12N2O2. The molecule has 0 saturated carbocycles. The maximum atomic E-state index is 11.7. The number of carbonyl (C=O) groups is 1. The fraction of sp³-hybridized carbons (Fsp3) is 0.0769. The number of nitrogens with one attached hydrogen (secondary N) is 1. The summed E-state index contributed by atoms with van der Waals surface area (Å²) in [6.45, 7) is 0.263. The molecule has 4 nitrogen and oxygen atoms in total. The zero-order chi connectivity index (χ0) is 11.9. The highest BCUT2D eigenvalue weighted by Crippen LogP contribution is 2.03. The third-order valence-corrected chi connectivity index (χ3v) is 2.16. The number of esters is 1. The van der Waals surface area contributed by atoms with Gasteiger partial charge in [0.2, 0.25) is 0 Å². The van der Waals surface area contributed by atoms with Crippen molar-refractivity contribution < 1.29 is 9.53 Å². The minimum absolute atomic E-state index is 0.263. The lowest BCUT2D eigenvalue weighted by molar-refractivity contribution is -0.140. The molecule has 17 heavy (non-hydrogen) atoms. The van der Waals surface area contributed by atoms with Gasteiger partial charge in [0.1, 0.15) is 12.3 Å². The average molecular weight is 228 g/mol. The van der Waals surface area contributed by atoms with Crippen molar-refractivity contribution in [3.05, 3.63) is 59.9 Å². The third-order valence-electron chi connectivity index (χ3n) is 2.16. The first kappa shape index (κ1) is 11.1. The Labute approximate surface area is 99.3 Å². The second kappa shape index (κ2) is 5.65. The van der Waals surface area contributed by atoms with E-state index in [-0.39, 0.29) is 6.61 Å². The quantitative estimate of drug-likeness (QED) is 0.802. The van der Waals surface area contributed by atoms with E-state index in [2.05, 4.69) is 10.3 Å². The average Bonchev–Trinajstić information content (AvgIpc) is 2.66. The Morgan fingerprint density at radius 3 is 2.94 bits per heavy atom. The predicted molar refractivity (Wildman–Crippen MR) is 65.1 cm³/mol. The van der Waals surface area contributed by atoms with Crippen molar-refractivity contribution in [1.82, 2.24) is 5.32 Å². The van der Waals surface area contributed by atoms with Gasteiger partial charge in [0.05, 0.1) is 6.34 Å². The largest absolute Gasteiger partial charge is 0.456 e. The van der Waals surface area contributed by atoms with Gasteiger partial charge in [-0.05, 0) is 17.7 Å². The molecular weight excluding hydrogens is 216 g/mol. The smallest absolute Gasteiger partial charge is 0.355 e. The van der Waals surface area contributed by atoms with E-state index in [0.717, 1.165) is 5.56 Å². The summed E-state index contributed by atoms with van der Waals surface area (Å²) in [4.78, 5) is 15.5. The van der Waals surface area contributed by atoms with Crippen LogP contribution in [0.2, 0.25) is 0 Å². The Kier molecular flexibility index (Phi) is 3.70. The third kappa shape index (κ3) is 3.31. The molecule has 0 radical (unpaired) electrons. The van der Waals surface area contributed by atoms with Gasteiger partial charge >= 0.3 is 5.97 Å². The molecule has 1 aromatic rings. The summed E-state index contributed by atoms with van der Waals surface area (Å²) in [5.74, 6) is -0.396. The van der Waals surface area contributed by atoms with Crippen LogP contribution in [0.15, 0.2) is 59.4 Å². The Balaban J connectivity index is 1.92. The minimum atomic E-state index is -0.396. The fourth-order valence-corrected chi connectivity index (χ4v) is 1.31. The summed E-state index contributed by atoms with van der Waals surface area (Å²) in [5.41, 5.74) is 1.33. The van der Waals surface area contributed by atoms with Crippen LogP contribution in [0.25, 0.3) is 0 Å². The van der Waals surface area contributed by atoms with Crippen LogP contribution < -0.4 is 5.32 Å².